The van der Waals surface area contributed by atoms with Gasteiger partial charge in [0.15, 0.2) is 5.82 Å². The number of rotatable bonds is 6. The molecule has 1 aromatic carbocycles. The highest BCUT2D eigenvalue weighted by Crippen LogP contribution is 2.33. The van der Waals surface area contributed by atoms with Crippen molar-refractivity contribution in [2.75, 3.05) is 31.8 Å². The highest BCUT2D eigenvalue weighted by molar-refractivity contribution is 5.77. The predicted octanol–water partition coefficient (Wildman–Crippen LogP) is 3.17. The van der Waals surface area contributed by atoms with Gasteiger partial charge in [0.05, 0.1) is 36.9 Å². The van der Waals surface area contributed by atoms with Gasteiger partial charge in [0, 0.05) is 30.8 Å². The molecule has 164 valence electrons. The second-order valence-corrected chi connectivity index (χ2v) is 7.85. The summed E-state index contributed by atoms with van der Waals surface area (Å²) in [5.74, 6) is 0.698. The largest absolute Gasteiger partial charge is 0.396 e. The summed E-state index contributed by atoms with van der Waals surface area (Å²) in [6.07, 6.45) is 1.01. The molecule has 0 atom stereocenters. The number of imidazole rings is 1. The van der Waals surface area contributed by atoms with E-state index in [-0.39, 0.29) is 24.4 Å². The van der Waals surface area contributed by atoms with Crippen LogP contribution in [0.5, 0.6) is 0 Å². The zero-order valence-corrected chi connectivity index (χ0v) is 17.7. The van der Waals surface area contributed by atoms with Crippen LogP contribution < -0.4 is 4.90 Å². The first-order chi connectivity index (χ1) is 15.0. The molecule has 0 amide bonds. The first-order valence-electron chi connectivity index (χ1n) is 10.2. The molecule has 8 nitrogen and oxygen atoms in total. The number of benzene rings is 1. The van der Waals surface area contributed by atoms with Gasteiger partial charge in [-0.1, -0.05) is 0 Å². The molecule has 0 saturated carbocycles. The molecule has 0 unspecified atom stereocenters. The van der Waals surface area contributed by atoms with Crippen LogP contribution in [0, 0.1) is 11.7 Å². The van der Waals surface area contributed by atoms with Gasteiger partial charge in [-0.15, -0.1) is 0 Å². The molecule has 2 aromatic heterocycles. The molecule has 4 rings (SSSR count). The first kappa shape index (κ1) is 21.4. The molecular formula is C22H26FN5O3. The normalized spacial score (nSPS) is 19.0. The van der Waals surface area contributed by atoms with E-state index in [9.17, 15) is 9.50 Å². The number of aromatic nitrogens is 4. The topological polar surface area (TPSA) is 96.4 Å². The maximum absolute atomic E-state index is 13.5. The average Bonchev–Trinajstić information content (AvgIpc) is 3.24. The van der Waals surface area contributed by atoms with E-state index in [1.807, 2.05) is 11.9 Å². The maximum Gasteiger partial charge on any atom is 0.225 e. The minimum absolute atomic E-state index is 0.00400. The summed E-state index contributed by atoms with van der Waals surface area (Å²) >= 11 is 0. The Morgan fingerprint density at radius 2 is 1.87 bits per heavy atom. The van der Waals surface area contributed by atoms with E-state index in [0.29, 0.717) is 42.1 Å². The molecule has 0 aliphatic carbocycles. The lowest BCUT2D eigenvalue weighted by Gasteiger charge is -2.26. The molecule has 31 heavy (non-hydrogen) atoms. The van der Waals surface area contributed by atoms with E-state index >= 15 is 0 Å². The number of halogens is 1. The van der Waals surface area contributed by atoms with Crippen LogP contribution in [-0.2, 0) is 9.47 Å². The molecule has 0 spiro atoms. The average molecular weight is 427 g/mol. The van der Waals surface area contributed by atoms with Crippen LogP contribution in [0.3, 0.4) is 0 Å². The lowest BCUT2D eigenvalue weighted by atomic mass is 10.1. The van der Waals surface area contributed by atoms with Crippen LogP contribution in [0.4, 0.5) is 10.3 Å². The van der Waals surface area contributed by atoms with Crippen molar-refractivity contribution < 1.29 is 19.0 Å². The lowest BCUT2D eigenvalue weighted by Crippen LogP contribution is -2.29. The molecule has 1 aliphatic rings. The fourth-order valence-corrected chi connectivity index (χ4v) is 3.20. The molecule has 9 heteroatoms. The second-order valence-electron chi connectivity index (χ2n) is 7.85. The van der Waals surface area contributed by atoms with Crippen molar-refractivity contribution in [3.8, 4) is 22.6 Å². The van der Waals surface area contributed by atoms with E-state index in [1.165, 1.54) is 12.1 Å². The van der Waals surface area contributed by atoms with Crippen molar-refractivity contribution in [3.05, 3.63) is 48.2 Å². The minimum Gasteiger partial charge on any atom is -0.396 e. The van der Waals surface area contributed by atoms with Gasteiger partial charge in [-0.2, -0.15) is 0 Å². The number of aliphatic hydroxyl groups is 1. The van der Waals surface area contributed by atoms with Crippen molar-refractivity contribution in [3.63, 3.8) is 0 Å². The molecule has 1 fully saturated rings. The molecule has 3 aromatic rings. The van der Waals surface area contributed by atoms with Gasteiger partial charge in [0.2, 0.25) is 12.2 Å². The van der Waals surface area contributed by atoms with Gasteiger partial charge in [-0.25, -0.2) is 19.3 Å². The summed E-state index contributed by atoms with van der Waals surface area (Å²) in [7, 11) is 1.93. The van der Waals surface area contributed by atoms with E-state index in [1.54, 1.807) is 24.4 Å². The highest BCUT2D eigenvalue weighted by atomic mass is 19.1. The Bertz CT molecular complexity index is 1020. The van der Waals surface area contributed by atoms with Crippen LogP contribution in [0.25, 0.3) is 22.6 Å². The van der Waals surface area contributed by atoms with E-state index < -0.39 is 6.29 Å². The number of aromatic amines is 1. The van der Waals surface area contributed by atoms with Gasteiger partial charge < -0.3 is 24.5 Å². The van der Waals surface area contributed by atoms with Gasteiger partial charge in [-0.3, -0.25) is 0 Å². The monoisotopic (exact) mass is 427 g/mol. The third-order valence-corrected chi connectivity index (χ3v) is 5.28. The SMILES string of the molecule is CC(C)N(C)c1nccc(-c2[nH]c(C3OCC(CO)CO3)nc2-c2ccc(F)cc2)n1. The number of hydrogen-bond donors (Lipinski definition) is 2. The van der Waals surface area contributed by atoms with E-state index in [4.69, 9.17) is 19.4 Å². The van der Waals surface area contributed by atoms with Crippen LogP contribution in [0.2, 0.25) is 0 Å². The Hall–Kier alpha value is -2.88. The first-order valence-corrected chi connectivity index (χ1v) is 10.2. The fraction of sp³-hybridized carbons (Fsp3) is 0.409. The van der Waals surface area contributed by atoms with Gasteiger partial charge >= 0.3 is 0 Å². The molecule has 1 saturated heterocycles. The number of hydrogen-bond acceptors (Lipinski definition) is 7. The Kier molecular flexibility index (Phi) is 6.26. The standard InChI is InChI=1S/C22H26FN5O3/c1-13(2)28(3)22-24-9-8-17(25-22)19-18(15-4-6-16(23)7-5-15)26-20(27-19)21-30-11-14(10-29)12-31-21/h4-9,13-14,21,29H,10-12H2,1-3H3,(H,26,27). The molecule has 1 aliphatic heterocycles. The van der Waals surface area contributed by atoms with Gasteiger partial charge in [-0.05, 0) is 44.2 Å². The summed E-state index contributed by atoms with van der Waals surface area (Å²) in [5.41, 5.74) is 2.67. The molecule has 0 bridgehead atoms. The van der Waals surface area contributed by atoms with E-state index in [0.717, 1.165) is 5.56 Å². The Morgan fingerprint density at radius 3 is 2.52 bits per heavy atom. The van der Waals surface area contributed by atoms with Crippen molar-refractivity contribution in [1.29, 1.82) is 0 Å². The van der Waals surface area contributed by atoms with Crippen LogP contribution in [0.1, 0.15) is 26.0 Å². The van der Waals surface area contributed by atoms with Crippen LogP contribution in [0.15, 0.2) is 36.5 Å². The second kappa shape index (κ2) is 9.09. The van der Waals surface area contributed by atoms with Crippen molar-refractivity contribution in [1.82, 2.24) is 19.9 Å². The maximum atomic E-state index is 13.5. The van der Waals surface area contributed by atoms with Crippen molar-refractivity contribution in [2.24, 2.45) is 5.92 Å². The Morgan fingerprint density at radius 1 is 1.16 bits per heavy atom. The predicted molar refractivity (Wildman–Crippen MR) is 114 cm³/mol. The summed E-state index contributed by atoms with van der Waals surface area (Å²) in [6.45, 7) is 4.88. The van der Waals surface area contributed by atoms with Gasteiger partial charge in [0.1, 0.15) is 5.82 Å². The minimum atomic E-state index is -0.685. The van der Waals surface area contributed by atoms with Crippen LogP contribution >= 0.6 is 0 Å². The molecule has 0 radical (unpaired) electrons. The molecular weight excluding hydrogens is 401 g/mol. The highest BCUT2D eigenvalue weighted by Gasteiger charge is 2.28. The number of aliphatic hydroxyl groups excluding tert-OH is 1. The molecule has 2 N–H and O–H groups in total. The van der Waals surface area contributed by atoms with Gasteiger partial charge in [0.25, 0.3) is 0 Å². The number of H-pyrrole nitrogens is 1. The zero-order valence-electron chi connectivity index (χ0n) is 17.7. The summed E-state index contributed by atoms with van der Waals surface area (Å²) in [6, 6.07) is 8.16. The quantitative estimate of drug-likeness (QED) is 0.624. The summed E-state index contributed by atoms with van der Waals surface area (Å²) < 4.78 is 25.0. The third kappa shape index (κ3) is 4.58. The Labute approximate surface area is 180 Å². The molecule has 3 heterocycles. The number of nitrogens with zero attached hydrogens (tertiary/aromatic N) is 4. The van der Waals surface area contributed by atoms with E-state index in [2.05, 4.69) is 23.8 Å². The Balaban J connectivity index is 1.75. The lowest BCUT2D eigenvalue weighted by molar-refractivity contribution is -0.213. The number of nitrogens with one attached hydrogen (secondary N) is 1. The van der Waals surface area contributed by atoms with Crippen molar-refractivity contribution >= 4 is 5.95 Å². The van der Waals surface area contributed by atoms with Crippen molar-refractivity contribution in [2.45, 2.75) is 26.2 Å². The summed E-state index contributed by atoms with van der Waals surface area (Å²) in [4.78, 5) is 19.0. The van der Waals surface area contributed by atoms with Crippen LogP contribution in [-0.4, -0.2) is 58.0 Å². The number of ether oxygens (including phenoxy) is 2. The number of anilines is 1. The third-order valence-electron chi connectivity index (χ3n) is 5.28. The summed E-state index contributed by atoms with van der Waals surface area (Å²) in [5, 5.41) is 9.29. The smallest absolute Gasteiger partial charge is 0.225 e. The zero-order chi connectivity index (χ0) is 22.0. The fourth-order valence-electron chi connectivity index (χ4n) is 3.20.